The van der Waals surface area contributed by atoms with Crippen LogP contribution in [0.5, 0.6) is 0 Å². The van der Waals surface area contributed by atoms with Crippen molar-refractivity contribution < 1.29 is 14.3 Å². The van der Waals surface area contributed by atoms with E-state index in [0.717, 1.165) is 16.5 Å². The average molecular weight is 446 g/mol. The number of aliphatic imine (C=N–C) groups is 1. The summed E-state index contributed by atoms with van der Waals surface area (Å²) in [4.78, 5) is 31.6. The van der Waals surface area contributed by atoms with E-state index in [9.17, 15) is 9.59 Å². The Bertz CT molecular complexity index is 1260. The Morgan fingerprint density at radius 2 is 1.94 bits per heavy atom. The number of para-hydroxylation sites is 1. The number of hydrogen-bond acceptors (Lipinski definition) is 5. The van der Waals surface area contributed by atoms with Crippen molar-refractivity contribution in [2.45, 2.75) is 13.5 Å². The van der Waals surface area contributed by atoms with Crippen LogP contribution in [-0.4, -0.2) is 40.2 Å². The number of thioether (sulfide) groups is 1. The predicted octanol–water partition coefficient (Wildman–Crippen LogP) is 5.24. The third kappa shape index (κ3) is 4.11. The van der Waals surface area contributed by atoms with Crippen LogP contribution in [0.1, 0.15) is 22.8 Å². The zero-order valence-electron chi connectivity index (χ0n) is 17.9. The molecule has 2 aromatic carbocycles. The van der Waals surface area contributed by atoms with Crippen LogP contribution in [0.25, 0.3) is 17.0 Å². The van der Waals surface area contributed by atoms with Gasteiger partial charge < -0.3 is 9.30 Å². The van der Waals surface area contributed by atoms with Gasteiger partial charge in [0.1, 0.15) is 0 Å². The summed E-state index contributed by atoms with van der Waals surface area (Å²) in [5.74, 6) is -0.464. The van der Waals surface area contributed by atoms with Crippen molar-refractivity contribution in [2.24, 2.45) is 4.99 Å². The molecule has 6 nitrogen and oxygen atoms in total. The highest BCUT2D eigenvalue weighted by Crippen LogP contribution is 2.35. The molecule has 0 N–H and O–H groups in total. The van der Waals surface area contributed by atoms with Crippen LogP contribution in [0.15, 0.2) is 77.3 Å². The maximum atomic E-state index is 13.1. The monoisotopic (exact) mass is 445 g/mol. The van der Waals surface area contributed by atoms with Gasteiger partial charge in [-0.2, -0.15) is 0 Å². The molecule has 1 aliphatic rings. The number of amidine groups is 1. The number of fused-ring (bicyclic) bond motifs is 1. The maximum absolute atomic E-state index is 13.1. The van der Waals surface area contributed by atoms with Crippen molar-refractivity contribution >= 4 is 51.5 Å². The van der Waals surface area contributed by atoms with Crippen LogP contribution in [0.3, 0.4) is 0 Å². The molecule has 1 amide bonds. The number of aromatic nitrogens is 1. The molecule has 162 valence electrons. The summed E-state index contributed by atoms with van der Waals surface area (Å²) in [5.41, 5.74) is 3.20. The Morgan fingerprint density at radius 1 is 1.19 bits per heavy atom. The number of likely N-dealkylation sites (N-methyl/N-ethyl adjacent to an activating group) is 1. The molecule has 1 aliphatic heterocycles. The lowest BCUT2D eigenvalue weighted by Gasteiger charge is -2.12. The number of allylic oxidation sites excluding steroid dienone is 1. The summed E-state index contributed by atoms with van der Waals surface area (Å²) in [5, 5.41) is 1.70. The minimum Gasteiger partial charge on any atom is -0.465 e. The lowest BCUT2D eigenvalue weighted by molar-refractivity contribution is -0.122. The van der Waals surface area contributed by atoms with Crippen molar-refractivity contribution in [1.29, 1.82) is 0 Å². The fourth-order valence-electron chi connectivity index (χ4n) is 3.59. The first-order valence-corrected chi connectivity index (χ1v) is 11.0. The van der Waals surface area contributed by atoms with E-state index in [0.29, 0.717) is 34.4 Å². The number of ether oxygens (including phenoxy) is 1. The number of methoxy groups -OCH3 is 1. The van der Waals surface area contributed by atoms with Gasteiger partial charge in [0.15, 0.2) is 5.17 Å². The summed E-state index contributed by atoms with van der Waals surface area (Å²) in [6, 6.07) is 14.9. The molecule has 1 aromatic heterocycles. The Balaban J connectivity index is 1.68. The normalized spacial score (nSPS) is 16.3. The van der Waals surface area contributed by atoms with Gasteiger partial charge in [-0.15, -0.1) is 6.58 Å². The number of hydrogen-bond donors (Lipinski definition) is 0. The standard InChI is InChI=1S/C25H23N3O3S/c1-4-14-27-16-18(20-8-6-7-9-21(20)27)15-22-23(29)28(5-2)25(32-22)26-19-12-10-17(11-13-19)24(30)31-3/h4,6-13,15-16H,1,5,14H2,2-3H3/b22-15+,26-25?. The summed E-state index contributed by atoms with van der Waals surface area (Å²) in [7, 11) is 1.35. The molecule has 3 aromatic rings. The molecular weight excluding hydrogens is 422 g/mol. The highest BCUT2D eigenvalue weighted by Gasteiger charge is 2.32. The third-order valence-corrected chi connectivity index (χ3v) is 6.16. The van der Waals surface area contributed by atoms with Crippen LogP contribution in [0.2, 0.25) is 0 Å². The number of carbonyl (C=O) groups excluding carboxylic acids is 2. The molecule has 0 atom stereocenters. The molecule has 7 heteroatoms. The number of amides is 1. The number of nitrogens with zero attached hydrogens (tertiary/aromatic N) is 3. The summed E-state index contributed by atoms with van der Waals surface area (Å²) < 4.78 is 6.85. The van der Waals surface area contributed by atoms with Crippen molar-refractivity contribution in [2.75, 3.05) is 13.7 Å². The lowest BCUT2D eigenvalue weighted by atomic mass is 10.1. The topological polar surface area (TPSA) is 63.9 Å². The second kappa shape index (κ2) is 9.28. The van der Waals surface area contributed by atoms with Gasteiger partial charge in [-0.1, -0.05) is 24.3 Å². The molecular formula is C25H23N3O3S. The molecule has 0 spiro atoms. The smallest absolute Gasteiger partial charge is 0.337 e. The van der Waals surface area contributed by atoms with Crippen molar-refractivity contribution in [3.05, 3.63) is 83.4 Å². The van der Waals surface area contributed by atoms with Gasteiger partial charge in [0.25, 0.3) is 5.91 Å². The van der Waals surface area contributed by atoms with Crippen molar-refractivity contribution in [1.82, 2.24) is 9.47 Å². The third-order valence-electron chi connectivity index (χ3n) is 5.15. The van der Waals surface area contributed by atoms with Gasteiger partial charge in [-0.05, 0) is 55.1 Å². The van der Waals surface area contributed by atoms with E-state index >= 15 is 0 Å². The molecule has 4 rings (SSSR count). The van der Waals surface area contributed by atoms with E-state index in [1.54, 1.807) is 29.2 Å². The molecule has 1 saturated heterocycles. The quantitative estimate of drug-likeness (QED) is 0.296. The Kier molecular flexibility index (Phi) is 6.28. The SMILES string of the molecule is C=CCn1cc(/C=C2/SC(=Nc3ccc(C(=O)OC)cc3)N(CC)C2=O)c2ccccc21. The van der Waals surface area contributed by atoms with Gasteiger partial charge >= 0.3 is 5.97 Å². The summed E-state index contributed by atoms with van der Waals surface area (Å²) in [6.07, 6.45) is 5.83. The van der Waals surface area contributed by atoms with E-state index in [2.05, 4.69) is 28.3 Å². The largest absolute Gasteiger partial charge is 0.465 e. The van der Waals surface area contributed by atoms with Crippen LogP contribution in [0.4, 0.5) is 5.69 Å². The van der Waals surface area contributed by atoms with Gasteiger partial charge in [0.05, 0.1) is 23.3 Å². The van der Waals surface area contributed by atoms with E-state index in [1.807, 2.05) is 37.4 Å². The number of benzene rings is 2. The van der Waals surface area contributed by atoms with E-state index in [-0.39, 0.29) is 5.91 Å². The average Bonchev–Trinajstić information content (AvgIpc) is 3.31. The van der Waals surface area contributed by atoms with Crippen LogP contribution >= 0.6 is 11.8 Å². The van der Waals surface area contributed by atoms with E-state index in [4.69, 9.17) is 4.74 Å². The number of rotatable bonds is 6. The number of esters is 1. The Morgan fingerprint density at radius 3 is 2.62 bits per heavy atom. The fourth-order valence-corrected chi connectivity index (χ4v) is 4.65. The lowest BCUT2D eigenvalue weighted by Crippen LogP contribution is -2.28. The molecule has 0 radical (unpaired) electrons. The fraction of sp³-hybridized carbons (Fsp3) is 0.160. The van der Waals surface area contributed by atoms with Crippen LogP contribution < -0.4 is 0 Å². The molecule has 0 aliphatic carbocycles. The van der Waals surface area contributed by atoms with Crippen LogP contribution in [0, 0.1) is 0 Å². The van der Waals surface area contributed by atoms with Gasteiger partial charge in [-0.3, -0.25) is 9.69 Å². The minimum atomic E-state index is -0.398. The molecule has 0 saturated carbocycles. The number of carbonyl (C=O) groups is 2. The molecule has 2 heterocycles. The maximum Gasteiger partial charge on any atom is 0.337 e. The van der Waals surface area contributed by atoms with Gasteiger partial charge in [0.2, 0.25) is 0 Å². The molecule has 0 unspecified atom stereocenters. The van der Waals surface area contributed by atoms with E-state index < -0.39 is 5.97 Å². The molecule has 0 bridgehead atoms. The predicted molar refractivity (Wildman–Crippen MR) is 130 cm³/mol. The Hall–Kier alpha value is -3.58. The molecule has 32 heavy (non-hydrogen) atoms. The summed E-state index contributed by atoms with van der Waals surface area (Å²) >= 11 is 1.35. The minimum absolute atomic E-state index is 0.0667. The van der Waals surface area contributed by atoms with Crippen LogP contribution in [-0.2, 0) is 16.1 Å². The zero-order chi connectivity index (χ0) is 22.7. The Labute approximate surface area is 190 Å². The molecule has 1 fully saturated rings. The first-order valence-electron chi connectivity index (χ1n) is 10.2. The van der Waals surface area contributed by atoms with Gasteiger partial charge in [0, 0.05) is 35.8 Å². The van der Waals surface area contributed by atoms with Gasteiger partial charge in [-0.25, -0.2) is 9.79 Å². The zero-order valence-corrected chi connectivity index (χ0v) is 18.8. The van der Waals surface area contributed by atoms with E-state index in [1.165, 1.54) is 18.9 Å². The first-order chi connectivity index (χ1) is 15.5. The second-order valence-electron chi connectivity index (χ2n) is 7.14. The second-order valence-corrected chi connectivity index (χ2v) is 8.14. The van der Waals surface area contributed by atoms with Crippen molar-refractivity contribution in [3.8, 4) is 0 Å². The highest BCUT2D eigenvalue weighted by molar-refractivity contribution is 8.18. The highest BCUT2D eigenvalue weighted by atomic mass is 32.2. The summed E-state index contributed by atoms with van der Waals surface area (Å²) in [6.45, 7) is 6.97. The first kappa shape index (κ1) is 21.6. The van der Waals surface area contributed by atoms with Crippen molar-refractivity contribution in [3.63, 3.8) is 0 Å².